The van der Waals surface area contributed by atoms with Gasteiger partial charge >= 0.3 is 0 Å². The summed E-state index contributed by atoms with van der Waals surface area (Å²) >= 11 is 0. The fourth-order valence-corrected chi connectivity index (χ4v) is 3.19. The van der Waals surface area contributed by atoms with E-state index in [0.717, 1.165) is 24.5 Å². The van der Waals surface area contributed by atoms with Crippen molar-refractivity contribution in [1.82, 2.24) is 5.32 Å². The lowest BCUT2D eigenvalue weighted by Crippen LogP contribution is -2.25. The molecular formula is C16H23NO2. The van der Waals surface area contributed by atoms with Gasteiger partial charge in [-0.3, -0.25) is 0 Å². The maximum absolute atomic E-state index is 5.88. The highest BCUT2D eigenvalue weighted by Gasteiger charge is 2.23. The smallest absolute Gasteiger partial charge is 0.165 e. The molecule has 3 rings (SSSR count). The van der Waals surface area contributed by atoms with Gasteiger partial charge in [0.15, 0.2) is 11.5 Å². The van der Waals surface area contributed by atoms with Crippen LogP contribution in [0.2, 0.25) is 0 Å². The van der Waals surface area contributed by atoms with Gasteiger partial charge in [0, 0.05) is 11.6 Å². The largest absolute Gasteiger partial charge is 0.486 e. The molecule has 104 valence electrons. The Morgan fingerprint density at radius 2 is 2.11 bits per heavy atom. The number of hydrogen-bond acceptors (Lipinski definition) is 3. The third-order valence-corrected chi connectivity index (χ3v) is 4.04. The molecule has 1 atom stereocenters. The molecule has 2 aliphatic rings. The lowest BCUT2D eigenvalue weighted by atomic mass is 9.91. The minimum atomic E-state index is 0.466. The van der Waals surface area contributed by atoms with Gasteiger partial charge in [-0.1, -0.05) is 19.9 Å². The highest BCUT2D eigenvalue weighted by atomic mass is 16.6. The van der Waals surface area contributed by atoms with Crippen LogP contribution in [-0.2, 0) is 6.42 Å². The van der Waals surface area contributed by atoms with Crippen molar-refractivity contribution in [3.05, 3.63) is 23.3 Å². The Morgan fingerprint density at radius 1 is 1.26 bits per heavy atom. The van der Waals surface area contributed by atoms with Crippen molar-refractivity contribution >= 4 is 0 Å². The Labute approximate surface area is 115 Å². The molecule has 1 saturated heterocycles. The molecular weight excluding hydrogens is 238 g/mol. The highest BCUT2D eigenvalue weighted by Crippen LogP contribution is 2.40. The van der Waals surface area contributed by atoms with Crippen LogP contribution in [0.1, 0.15) is 43.7 Å². The van der Waals surface area contributed by atoms with Crippen molar-refractivity contribution in [1.29, 1.82) is 0 Å². The van der Waals surface area contributed by atoms with E-state index in [9.17, 15) is 0 Å². The van der Waals surface area contributed by atoms with E-state index in [2.05, 4.69) is 31.3 Å². The van der Waals surface area contributed by atoms with Crippen molar-refractivity contribution in [2.75, 3.05) is 19.8 Å². The average molecular weight is 261 g/mol. The molecule has 1 unspecified atom stereocenters. The highest BCUT2D eigenvalue weighted by molar-refractivity contribution is 5.53. The van der Waals surface area contributed by atoms with Crippen LogP contribution in [0.4, 0.5) is 0 Å². The summed E-state index contributed by atoms with van der Waals surface area (Å²) in [6.45, 7) is 6.95. The molecule has 1 fully saturated rings. The van der Waals surface area contributed by atoms with Crippen LogP contribution in [-0.4, -0.2) is 25.8 Å². The summed E-state index contributed by atoms with van der Waals surface area (Å²) in [5, 5.41) is 3.58. The average Bonchev–Trinajstić information content (AvgIpc) is 2.91. The number of ether oxygens (including phenoxy) is 2. The molecule has 0 aliphatic carbocycles. The summed E-state index contributed by atoms with van der Waals surface area (Å²) in [6.07, 6.45) is 3.68. The fraction of sp³-hybridized carbons (Fsp3) is 0.625. The number of fused-ring (bicyclic) bond motifs is 1. The lowest BCUT2D eigenvalue weighted by molar-refractivity contribution is 0.169. The van der Waals surface area contributed by atoms with E-state index in [1.54, 1.807) is 0 Å². The minimum Gasteiger partial charge on any atom is -0.486 e. The quantitative estimate of drug-likeness (QED) is 0.907. The molecule has 1 aromatic carbocycles. The van der Waals surface area contributed by atoms with Crippen LogP contribution in [0.15, 0.2) is 12.1 Å². The van der Waals surface area contributed by atoms with Gasteiger partial charge in [0.05, 0.1) is 0 Å². The van der Waals surface area contributed by atoms with Crippen LogP contribution in [0, 0.1) is 0 Å². The summed E-state index contributed by atoms with van der Waals surface area (Å²) in [5.41, 5.74) is 2.75. The molecule has 1 N–H and O–H groups in total. The number of hydrogen-bond donors (Lipinski definition) is 1. The van der Waals surface area contributed by atoms with Crippen molar-refractivity contribution in [3.8, 4) is 11.5 Å². The first-order valence-electron chi connectivity index (χ1n) is 7.40. The van der Waals surface area contributed by atoms with Crippen molar-refractivity contribution in [2.24, 2.45) is 0 Å². The van der Waals surface area contributed by atoms with Gasteiger partial charge in [-0.05, 0) is 43.4 Å². The second kappa shape index (κ2) is 5.41. The molecule has 0 spiro atoms. The van der Waals surface area contributed by atoms with Gasteiger partial charge in [0.25, 0.3) is 0 Å². The third-order valence-electron chi connectivity index (χ3n) is 4.04. The Bertz CT molecular complexity index is 450. The van der Waals surface area contributed by atoms with Gasteiger partial charge in [0.2, 0.25) is 0 Å². The van der Waals surface area contributed by atoms with Crippen molar-refractivity contribution < 1.29 is 9.47 Å². The number of benzene rings is 1. The maximum atomic E-state index is 5.88. The van der Waals surface area contributed by atoms with E-state index in [4.69, 9.17) is 9.47 Å². The Kier molecular flexibility index (Phi) is 3.65. The molecule has 3 heteroatoms. The molecule has 0 bridgehead atoms. The predicted octanol–water partition coefficient (Wildman–Crippen LogP) is 2.88. The van der Waals surface area contributed by atoms with Crippen LogP contribution < -0.4 is 14.8 Å². The molecule has 3 nitrogen and oxygen atoms in total. The van der Waals surface area contributed by atoms with E-state index in [1.165, 1.54) is 24.0 Å². The topological polar surface area (TPSA) is 30.5 Å². The van der Waals surface area contributed by atoms with E-state index < -0.39 is 0 Å². The number of rotatable bonds is 3. The van der Waals surface area contributed by atoms with Gasteiger partial charge < -0.3 is 14.8 Å². The summed E-state index contributed by atoms with van der Waals surface area (Å²) < 4.78 is 11.6. The van der Waals surface area contributed by atoms with E-state index in [0.29, 0.717) is 25.2 Å². The SMILES string of the molecule is CC(C)c1c(CC2CCCN2)ccc2c1OCCO2. The van der Waals surface area contributed by atoms with E-state index >= 15 is 0 Å². The first-order valence-corrected chi connectivity index (χ1v) is 7.40. The predicted molar refractivity (Wildman–Crippen MR) is 76.2 cm³/mol. The zero-order valence-electron chi connectivity index (χ0n) is 11.9. The summed E-state index contributed by atoms with van der Waals surface area (Å²) in [7, 11) is 0. The molecule has 0 radical (unpaired) electrons. The lowest BCUT2D eigenvalue weighted by Gasteiger charge is -2.25. The molecule has 0 aromatic heterocycles. The van der Waals surface area contributed by atoms with Gasteiger partial charge in [-0.2, -0.15) is 0 Å². The van der Waals surface area contributed by atoms with Gasteiger partial charge in [0.1, 0.15) is 13.2 Å². The second-order valence-electron chi connectivity index (χ2n) is 5.81. The van der Waals surface area contributed by atoms with Crippen LogP contribution in [0.5, 0.6) is 11.5 Å². The van der Waals surface area contributed by atoms with E-state index in [-0.39, 0.29) is 0 Å². The summed E-state index contributed by atoms with van der Waals surface area (Å²) in [5.74, 6) is 2.36. The molecule has 0 amide bonds. The molecule has 19 heavy (non-hydrogen) atoms. The van der Waals surface area contributed by atoms with Crippen LogP contribution >= 0.6 is 0 Å². The standard InChI is InChI=1S/C16H23NO2/c1-11(2)15-12(10-13-4-3-7-17-13)5-6-14-16(15)19-9-8-18-14/h5-6,11,13,17H,3-4,7-10H2,1-2H3. The second-order valence-corrected chi connectivity index (χ2v) is 5.81. The van der Waals surface area contributed by atoms with Gasteiger partial charge in [-0.15, -0.1) is 0 Å². The molecule has 2 heterocycles. The van der Waals surface area contributed by atoms with Crippen molar-refractivity contribution in [2.45, 2.75) is 45.1 Å². The zero-order chi connectivity index (χ0) is 13.2. The molecule has 1 aromatic rings. The van der Waals surface area contributed by atoms with Crippen LogP contribution in [0.25, 0.3) is 0 Å². The zero-order valence-corrected chi connectivity index (χ0v) is 11.9. The normalized spacial score (nSPS) is 21.9. The fourth-order valence-electron chi connectivity index (χ4n) is 3.19. The first kappa shape index (κ1) is 12.8. The molecule has 2 aliphatic heterocycles. The summed E-state index contributed by atoms with van der Waals surface area (Å²) in [6, 6.07) is 4.92. The number of nitrogens with one attached hydrogen (secondary N) is 1. The van der Waals surface area contributed by atoms with E-state index in [1.807, 2.05) is 0 Å². The minimum absolute atomic E-state index is 0.466. The monoisotopic (exact) mass is 261 g/mol. The van der Waals surface area contributed by atoms with Gasteiger partial charge in [-0.25, -0.2) is 0 Å². The van der Waals surface area contributed by atoms with Crippen LogP contribution in [0.3, 0.4) is 0 Å². The molecule has 0 saturated carbocycles. The van der Waals surface area contributed by atoms with Crippen molar-refractivity contribution in [3.63, 3.8) is 0 Å². The Morgan fingerprint density at radius 3 is 2.84 bits per heavy atom. The Hall–Kier alpha value is -1.22. The first-order chi connectivity index (χ1) is 9.25. The Balaban J connectivity index is 1.93. The third kappa shape index (κ3) is 2.57. The maximum Gasteiger partial charge on any atom is 0.165 e. The summed E-state index contributed by atoms with van der Waals surface area (Å²) in [4.78, 5) is 0.